The number of nitrogens with one attached hydrogen (secondary N) is 2. The summed E-state index contributed by atoms with van der Waals surface area (Å²) in [7, 11) is 4.10. The summed E-state index contributed by atoms with van der Waals surface area (Å²) in [5.41, 5.74) is 4.93. The Morgan fingerprint density at radius 2 is 1.62 bits per heavy atom. The van der Waals surface area contributed by atoms with E-state index in [2.05, 4.69) is 85.1 Å². The number of nitrogens with zero attached hydrogens (tertiary/aromatic N) is 1. The first-order chi connectivity index (χ1) is 15.0. The van der Waals surface area contributed by atoms with E-state index in [4.69, 9.17) is 9.90 Å². The molecule has 1 heterocycles. The third-order valence-electron chi connectivity index (χ3n) is 5.14. The van der Waals surface area contributed by atoms with Crippen LogP contribution in [0.4, 0.5) is 18.9 Å². The number of alkyl halides is 3. The molecule has 2 unspecified atom stereocenters. The van der Waals surface area contributed by atoms with Crippen LogP contribution in [-0.2, 0) is 9.59 Å². The molecule has 0 aromatic heterocycles. The molecule has 1 aliphatic rings. The third-order valence-corrected chi connectivity index (χ3v) is 5.14. The van der Waals surface area contributed by atoms with Crippen LogP contribution in [-0.4, -0.2) is 50.3 Å². The Hall–Kier alpha value is -3.07. The summed E-state index contributed by atoms with van der Waals surface area (Å²) in [5.74, 6) is -2.18. The van der Waals surface area contributed by atoms with E-state index in [0.29, 0.717) is 12.3 Å². The van der Waals surface area contributed by atoms with E-state index in [0.717, 1.165) is 13.1 Å². The van der Waals surface area contributed by atoms with Crippen molar-refractivity contribution >= 4 is 17.6 Å². The van der Waals surface area contributed by atoms with E-state index in [-0.39, 0.29) is 11.9 Å². The highest BCUT2D eigenvalue weighted by Crippen LogP contribution is 2.24. The second kappa shape index (κ2) is 11.0. The molecule has 3 rings (SSSR count). The molecule has 32 heavy (non-hydrogen) atoms. The molecule has 0 saturated carbocycles. The average Bonchev–Trinajstić information content (AvgIpc) is 3.17. The largest absolute Gasteiger partial charge is 0.490 e. The number of benzene rings is 2. The zero-order valence-electron chi connectivity index (χ0n) is 18.2. The van der Waals surface area contributed by atoms with Crippen LogP contribution in [0.3, 0.4) is 0 Å². The standard InChI is InChI=1S/C21H27N3O.C2HF3O2/c1-15(22-13-16-12-21(25)23-14-16)17-4-6-18(7-5-17)19-8-10-20(11-9-19)24(2)3;3-2(4,5)1(6)7/h4-11,15-16,22H,12-14H2,1-3H3,(H,23,25);(H,6,7). The van der Waals surface area contributed by atoms with Crippen molar-refractivity contribution in [1.82, 2.24) is 10.6 Å². The average molecular weight is 451 g/mol. The summed E-state index contributed by atoms with van der Waals surface area (Å²) in [6.07, 6.45) is -4.44. The van der Waals surface area contributed by atoms with Gasteiger partial charge < -0.3 is 20.6 Å². The van der Waals surface area contributed by atoms with Gasteiger partial charge in [0.15, 0.2) is 0 Å². The first-order valence-electron chi connectivity index (χ1n) is 10.1. The highest BCUT2D eigenvalue weighted by Gasteiger charge is 2.38. The molecule has 174 valence electrons. The molecule has 2 atom stereocenters. The van der Waals surface area contributed by atoms with E-state index in [1.807, 2.05) is 0 Å². The Morgan fingerprint density at radius 1 is 1.12 bits per heavy atom. The molecule has 9 heteroatoms. The second-order valence-corrected chi connectivity index (χ2v) is 7.87. The maximum absolute atomic E-state index is 11.3. The number of carbonyl (C=O) groups is 2. The van der Waals surface area contributed by atoms with Crippen molar-refractivity contribution in [3.8, 4) is 11.1 Å². The van der Waals surface area contributed by atoms with Crippen LogP contribution in [0.25, 0.3) is 11.1 Å². The molecule has 0 aliphatic carbocycles. The van der Waals surface area contributed by atoms with Crippen molar-refractivity contribution in [2.75, 3.05) is 32.1 Å². The fraction of sp³-hybridized carbons (Fsp3) is 0.391. The Labute approximate surface area is 185 Å². The summed E-state index contributed by atoms with van der Waals surface area (Å²) in [4.78, 5) is 22.3. The lowest BCUT2D eigenvalue weighted by molar-refractivity contribution is -0.192. The predicted octanol–water partition coefficient (Wildman–Crippen LogP) is 3.84. The molecular weight excluding hydrogens is 423 g/mol. The Bertz CT molecular complexity index is 897. The summed E-state index contributed by atoms with van der Waals surface area (Å²) < 4.78 is 31.7. The SMILES string of the molecule is CC(NCC1CNC(=O)C1)c1ccc(-c2ccc(N(C)C)cc2)cc1.O=C(O)C(F)(F)F. The summed E-state index contributed by atoms with van der Waals surface area (Å²) in [5, 5.41) is 13.6. The first-order valence-corrected chi connectivity index (χ1v) is 10.1. The van der Waals surface area contributed by atoms with Crippen molar-refractivity contribution < 1.29 is 27.9 Å². The van der Waals surface area contributed by atoms with Crippen LogP contribution >= 0.6 is 0 Å². The lowest BCUT2D eigenvalue weighted by atomic mass is 10.0. The fourth-order valence-corrected chi connectivity index (χ4v) is 3.19. The number of rotatable bonds is 6. The van der Waals surface area contributed by atoms with Crippen molar-refractivity contribution in [1.29, 1.82) is 0 Å². The van der Waals surface area contributed by atoms with Gasteiger partial charge in [-0.05, 0) is 41.7 Å². The predicted molar refractivity (Wildman–Crippen MR) is 117 cm³/mol. The molecule has 0 radical (unpaired) electrons. The zero-order valence-corrected chi connectivity index (χ0v) is 18.2. The number of anilines is 1. The molecular formula is C23H28F3N3O3. The van der Waals surface area contributed by atoms with Crippen molar-refractivity contribution in [3.63, 3.8) is 0 Å². The minimum absolute atomic E-state index is 0.170. The molecule has 2 aromatic rings. The zero-order chi connectivity index (χ0) is 23.9. The number of amides is 1. The van der Waals surface area contributed by atoms with Crippen LogP contribution in [0, 0.1) is 5.92 Å². The van der Waals surface area contributed by atoms with Crippen LogP contribution in [0.15, 0.2) is 48.5 Å². The molecule has 6 nitrogen and oxygen atoms in total. The minimum Gasteiger partial charge on any atom is -0.475 e. The van der Waals surface area contributed by atoms with Gasteiger partial charge in [-0.1, -0.05) is 36.4 Å². The van der Waals surface area contributed by atoms with Crippen LogP contribution in [0.5, 0.6) is 0 Å². The van der Waals surface area contributed by atoms with Gasteiger partial charge in [0.05, 0.1) is 0 Å². The highest BCUT2D eigenvalue weighted by atomic mass is 19.4. The smallest absolute Gasteiger partial charge is 0.475 e. The van der Waals surface area contributed by atoms with E-state index < -0.39 is 12.1 Å². The topological polar surface area (TPSA) is 81.7 Å². The van der Waals surface area contributed by atoms with Crippen LogP contribution < -0.4 is 15.5 Å². The second-order valence-electron chi connectivity index (χ2n) is 7.87. The fourth-order valence-electron chi connectivity index (χ4n) is 3.19. The number of carbonyl (C=O) groups excluding carboxylic acids is 1. The Balaban J connectivity index is 0.000000451. The van der Waals surface area contributed by atoms with Gasteiger partial charge in [0.1, 0.15) is 0 Å². The molecule has 2 aromatic carbocycles. The van der Waals surface area contributed by atoms with Crippen molar-refractivity contribution in [2.45, 2.75) is 25.6 Å². The molecule has 1 fully saturated rings. The van der Waals surface area contributed by atoms with Crippen molar-refractivity contribution in [2.24, 2.45) is 5.92 Å². The highest BCUT2D eigenvalue weighted by molar-refractivity contribution is 5.78. The molecule has 1 aliphatic heterocycles. The maximum atomic E-state index is 11.3. The van der Waals surface area contributed by atoms with Crippen LogP contribution in [0.1, 0.15) is 24.9 Å². The first kappa shape index (κ1) is 25.2. The summed E-state index contributed by atoms with van der Waals surface area (Å²) in [6.45, 7) is 3.83. The molecule has 0 bridgehead atoms. The summed E-state index contributed by atoms with van der Waals surface area (Å²) in [6, 6.07) is 17.6. The quantitative estimate of drug-likeness (QED) is 0.622. The third kappa shape index (κ3) is 7.56. The van der Waals surface area contributed by atoms with Gasteiger partial charge in [0, 0.05) is 45.3 Å². The van der Waals surface area contributed by atoms with Gasteiger partial charge in [-0.2, -0.15) is 13.2 Å². The number of hydrogen-bond acceptors (Lipinski definition) is 4. The molecule has 1 amide bonds. The lowest BCUT2D eigenvalue weighted by Crippen LogP contribution is -2.27. The van der Waals surface area contributed by atoms with Gasteiger partial charge in [-0.15, -0.1) is 0 Å². The van der Waals surface area contributed by atoms with Gasteiger partial charge in [0.25, 0.3) is 0 Å². The number of hydrogen-bond donors (Lipinski definition) is 3. The lowest BCUT2D eigenvalue weighted by Gasteiger charge is -2.17. The number of carboxylic acids is 1. The van der Waals surface area contributed by atoms with E-state index in [1.54, 1.807) is 0 Å². The number of aliphatic carboxylic acids is 1. The molecule has 0 spiro atoms. The Morgan fingerprint density at radius 3 is 2.03 bits per heavy atom. The van der Waals surface area contributed by atoms with Gasteiger partial charge in [-0.25, -0.2) is 4.79 Å². The number of carboxylic acid groups (broad SMARTS) is 1. The molecule has 3 N–H and O–H groups in total. The van der Waals surface area contributed by atoms with Crippen molar-refractivity contribution in [3.05, 3.63) is 54.1 Å². The maximum Gasteiger partial charge on any atom is 0.490 e. The van der Waals surface area contributed by atoms with Crippen LogP contribution in [0.2, 0.25) is 0 Å². The van der Waals surface area contributed by atoms with Gasteiger partial charge in [-0.3, -0.25) is 4.79 Å². The number of halogens is 3. The monoisotopic (exact) mass is 451 g/mol. The minimum atomic E-state index is -5.08. The summed E-state index contributed by atoms with van der Waals surface area (Å²) >= 11 is 0. The Kier molecular flexibility index (Phi) is 8.65. The van der Waals surface area contributed by atoms with Gasteiger partial charge in [0.2, 0.25) is 5.91 Å². The van der Waals surface area contributed by atoms with E-state index in [1.165, 1.54) is 22.4 Å². The normalized spacial score (nSPS) is 16.6. The van der Waals surface area contributed by atoms with E-state index in [9.17, 15) is 18.0 Å². The molecule has 1 saturated heterocycles. The van der Waals surface area contributed by atoms with Gasteiger partial charge >= 0.3 is 12.1 Å². The van der Waals surface area contributed by atoms with E-state index >= 15 is 0 Å².